The van der Waals surface area contributed by atoms with Crippen LogP contribution in [0.3, 0.4) is 0 Å². The Morgan fingerprint density at radius 3 is 2.04 bits per heavy atom. The minimum Gasteiger partial charge on any atom is -0.327 e. The van der Waals surface area contributed by atoms with E-state index in [1.165, 1.54) is 11.1 Å². The molecule has 8 heteroatoms. The van der Waals surface area contributed by atoms with Gasteiger partial charge in [-0.15, -0.1) is 5.10 Å². The SMILES string of the molecule is CCc1nc2cc[nH]c(=O)c2n1[C@H]1CCc2cc(-c3ccccc3-c3nnnn3C(c3ccccc3)(c3ccccc3)c3ccccc3)ccc21. The van der Waals surface area contributed by atoms with Gasteiger partial charge in [-0.25, -0.2) is 9.67 Å². The highest BCUT2D eigenvalue weighted by Crippen LogP contribution is 2.44. The van der Waals surface area contributed by atoms with Crippen molar-refractivity contribution in [2.45, 2.75) is 37.8 Å². The average molecular weight is 666 g/mol. The highest BCUT2D eigenvalue weighted by Gasteiger charge is 2.42. The number of benzene rings is 5. The van der Waals surface area contributed by atoms with Crippen LogP contribution in [-0.4, -0.2) is 34.7 Å². The topological polar surface area (TPSA) is 94.3 Å². The van der Waals surface area contributed by atoms with E-state index in [0.29, 0.717) is 11.3 Å². The largest absolute Gasteiger partial charge is 0.327 e. The Morgan fingerprint density at radius 2 is 1.39 bits per heavy atom. The fourth-order valence-corrected chi connectivity index (χ4v) is 8.14. The molecule has 0 amide bonds. The van der Waals surface area contributed by atoms with Crippen LogP contribution in [0.2, 0.25) is 0 Å². The van der Waals surface area contributed by atoms with Crippen molar-refractivity contribution in [3.8, 4) is 22.5 Å². The summed E-state index contributed by atoms with van der Waals surface area (Å²) in [6, 6.07) is 48.4. The smallest absolute Gasteiger partial charge is 0.274 e. The molecule has 0 spiro atoms. The lowest BCUT2D eigenvalue weighted by molar-refractivity contribution is 0.451. The number of hydrogen-bond donors (Lipinski definition) is 1. The lowest BCUT2D eigenvalue weighted by atomic mass is 9.77. The van der Waals surface area contributed by atoms with Crippen molar-refractivity contribution in [2.75, 3.05) is 0 Å². The fourth-order valence-electron chi connectivity index (χ4n) is 8.14. The van der Waals surface area contributed by atoms with Crippen LogP contribution in [0.1, 0.15) is 53.0 Å². The van der Waals surface area contributed by atoms with Gasteiger partial charge in [0, 0.05) is 18.2 Å². The first-order valence-electron chi connectivity index (χ1n) is 17.4. The Labute approximate surface area is 295 Å². The van der Waals surface area contributed by atoms with Crippen molar-refractivity contribution in [3.63, 3.8) is 0 Å². The summed E-state index contributed by atoms with van der Waals surface area (Å²) in [7, 11) is 0. The minimum absolute atomic E-state index is 0.0447. The van der Waals surface area contributed by atoms with Crippen LogP contribution in [0.15, 0.2) is 151 Å². The van der Waals surface area contributed by atoms with Crippen LogP contribution in [0.4, 0.5) is 0 Å². The molecule has 0 saturated carbocycles. The third-order valence-corrected chi connectivity index (χ3v) is 10.3. The molecule has 0 unspecified atom stereocenters. The van der Waals surface area contributed by atoms with Gasteiger partial charge in [-0.3, -0.25) is 4.79 Å². The second-order valence-electron chi connectivity index (χ2n) is 13.0. The van der Waals surface area contributed by atoms with Gasteiger partial charge in [-0.2, -0.15) is 0 Å². The number of pyridine rings is 1. The third kappa shape index (κ3) is 4.86. The van der Waals surface area contributed by atoms with Gasteiger partial charge in [0.2, 0.25) is 0 Å². The van der Waals surface area contributed by atoms with Crippen LogP contribution in [0.5, 0.6) is 0 Å². The van der Waals surface area contributed by atoms with E-state index in [0.717, 1.165) is 64.0 Å². The maximum atomic E-state index is 13.0. The van der Waals surface area contributed by atoms with E-state index in [2.05, 4.69) is 131 Å². The van der Waals surface area contributed by atoms with E-state index < -0.39 is 5.54 Å². The van der Waals surface area contributed by atoms with Gasteiger partial charge < -0.3 is 9.55 Å². The normalized spacial score (nSPS) is 14.2. The second-order valence-corrected chi connectivity index (χ2v) is 13.0. The van der Waals surface area contributed by atoms with Crippen LogP contribution in [0, 0.1) is 0 Å². The molecule has 1 aliphatic carbocycles. The zero-order chi connectivity index (χ0) is 34.4. The number of H-pyrrole nitrogens is 1. The second kappa shape index (κ2) is 12.5. The molecule has 1 N–H and O–H groups in total. The number of aromatic nitrogens is 7. The van der Waals surface area contributed by atoms with Crippen molar-refractivity contribution in [1.29, 1.82) is 0 Å². The Hall–Kier alpha value is -6.41. The number of nitrogens with zero attached hydrogens (tertiary/aromatic N) is 6. The molecule has 9 rings (SSSR count). The Morgan fingerprint density at radius 1 is 0.765 bits per heavy atom. The molecular weight excluding hydrogens is 631 g/mol. The summed E-state index contributed by atoms with van der Waals surface area (Å²) in [5, 5.41) is 13.9. The summed E-state index contributed by atoms with van der Waals surface area (Å²) >= 11 is 0. The molecule has 8 nitrogen and oxygen atoms in total. The molecule has 3 heterocycles. The fraction of sp³-hybridized carbons (Fsp3) is 0.140. The summed E-state index contributed by atoms with van der Waals surface area (Å²) in [5.74, 6) is 1.59. The lowest BCUT2D eigenvalue weighted by Gasteiger charge is -2.36. The van der Waals surface area contributed by atoms with Gasteiger partial charge in [0.15, 0.2) is 5.82 Å². The van der Waals surface area contributed by atoms with Gasteiger partial charge in [0.25, 0.3) is 5.56 Å². The van der Waals surface area contributed by atoms with Crippen molar-refractivity contribution < 1.29 is 0 Å². The van der Waals surface area contributed by atoms with Crippen molar-refractivity contribution in [3.05, 3.63) is 190 Å². The molecule has 0 aliphatic heterocycles. The number of hydrogen-bond acceptors (Lipinski definition) is 5. The van der Waals surface area contributed by atoms with E-state index >= 15 is 0 Å². The first kappa shape index (κ1) is 30.6. The maximum Gasteiger partial charge on any atom is 0.274 e. The first-order valence-corrected chi connectivity index (χ1v) is 17.4. The predicted molar refractivity (Wildman–Crippen MR) is 199 cm³/mol. The van der Waals surface area contributed by atoms with E-state index in [9.17, 15) is 4.79 Å². The molecule has 51 heavy (non-hydrogen) atoms. The summed E-state index contributed by atoms with van der Waals surface area (Å²) in [6.07, 6.45) is 4.23. The van der Waals surface area contributed by atoms with E-state index in [1.54, 1.807) is 6.20 Å². The Kier molecular flexibility index (Phi) is 7.50. The molecule has 0 bridgehead atoms. The average Bonchev–Trinajstić information content (AvgIpc) is 3.94. The Balaban J connectivity index is 1.20. The zero-order valence-electron chi connectivity index (χ0n) is 28.1. The number of aromatic amines is 1. The zero-order valence-corrected chi connectivity index (χ0v) is 28.1. The molecule has 3 aromatic heterocycles. The maximum absolute atomic E-state index is 13.0. The van der Waals surface area contributed by atoms with Gasteiger partial charge in [-0.1, -0.05) is 140 Å². The molecule has 0 saturated heterocycles. The molecule has 1 atom stereocenters. The van der Waals surface area contributed by atoms with Gasteiger partial charge in [0.05, 0.1) is 11.6 Å². The predicted octanol–water partition coefficient (Wildman–Crippen LogP) is 7.98. The number of rotatable bonds is 8. The number of fused-ring (bicyclic) bond motifs is 2. The lowest BCUT2D eigenvalue weighted by Crippen LogP contribution is -2.39. The summed E-state index contributed by atoms with van der Waals surface area (Å²) in [5.41, 5.74) is 9.15. The van der Waals surface area contributed by atoms with Crippen LogP contribution in [0.25, 0.3) is 33.5 Å². The van der Waals surface area contributed by atoms with Gasteiger partial charge in [-0.05, 0) is 68.3 Å². The monoisotopic (exact) mass is 665 g/mol. The standard InChI is InChI=1S/C43H35N7O/c1-2-39-45-37-26-27-44-42(51)40(37)49(39)38-25-23-30-28-29(22-24-35(30)38)34-20-12-13-21-36(34)41-46-47-48-50(41)43(31-14-6-3-7-15-31,32-16-8-4-9-17-32)33-18-10-5-11-19-33/h3-22,24,26-28,38H,2,23,25H2,1H3,(H,44,51)/t38-/m0/s1. The molecule has 5 aromatic carbocycles. The van der Waals surface area contributed by atoms with Crippen molar-refractivity contribution >= 4 is 11.0 Å². The van der Waals surface area contributed by atoms with Crippen molar-refractivity contribution in [2.24, 2.45) is 0 Å². The molecule has 1 aliphatic rings. The third-order valence-electron chi connectivity index (χ3n) is 10.3. The molecule has 8 aromatic rings. The number of nitrogens with one attached hydrogen (secondary N) is 1. The van der Waals surface area contributed by atoms with E-state index in [4.69, 9.17) is 15.3 Å². The molecule has 0 fully saturated rings. The summed E-state index contributed by atoms with van der Waals surface area (Å²) in [4.78, 5) is 20.7. The highest BCUT2D eigenvalue weighted by atomic mass is 16.1. The quantitative estimate of drug-likeness (QED) is 0.166. The highest BCUT2D eigenvalue weighted by molar-refractivity contribution is 5.82. The Bertz CT molecular complexity index is 2460. The van der Waals surface area contributed by atoms with Crippen LogP contribution < -0.4 is 5.56 Å². The number of aryl methyl sites for hydroxylation is 2. The van der Waals surface area contributed by atoms with Crippen molar-refractivity contribution in [1.82, 2.24) is 34.7 Å². The van der Waals surface area contributed by atoms with E-state index in [-0.39, 0.29) is 11.6 Å². The number of tetrazole rings is 1. The van der Waals surface area contributed by atoms with Gasteiger partial charge in [0.1, 0.15) is 16.9 Å². The van der Waals surface area contributed by atoms with Crippen LogP contribution in [-0.2, 0) is 18.4 Å². The molecule has 0 radical (unpaired) electrons. The van der Waals surface area contributed by atoms with E-state index in [1.807, 2.05) is 35.0 Å². The number of imidazole rings is 1. The minimum atomic E-state index is -0.858. The van der Waals surface area contributed by atoms with Gasteiger partial charge >= 0.3 is 0 Å². The first-order chi connectivity index (χ1) is 25.2. The summed E-state index contributed by atoms with van der Waals surface area (Å²) < 4.78 is 4.15. The summed E-state index contributed by atoms with van der Waals surface area (Å²) in [6.45, 7) is 2.09. The van der Waals surface area contributed by atoms with Crippen LogP contribution >= 0.6 is 0 Å². The molecular formula is C43H35N7O. The molecule has 248 valence electrons.